The van der Waals surface area contributed by atoms with Gasteiger partial charge in [-0.2, -0.15) is 0 Å². The number of para-hydroxylation sites is 2. The van der Waals surface area contributed by atoms with Crippen LogP contribution < -0.4 is 4.90 Å². The van der Waals surface area contributed by atoms with Gasteiger partial charge in [-0.3, -0.25) is 0 Å². The molecule has 0 fully saturated rings. The smallest absolute Gasteiger partial charge is 0.0543 e. The molecular formula is C58H44N2. The van der Waals surface area contributed by atoms with Gasteiger partial charge in [-0.05, 0) is 115 Å². The predicted octanol–water partition coefficient (Wildman–Crippen LogP) is 15.7. The van der Waals surface area contributed by atoms with Gasteiger partial charge in [0.05, 0.1) is 16.7 Å². The van der Waals surface area contributed by atoms with Crippen LogP contribution in [0.3, 0.4) is 0 Å². The second-order valence-electron chi connectivity index (χ2n) is 17.7. The van der Waals surface area contributed by atoms with E-state index in [2.05, 4.69) is 231 Å². The van der Waals surface area contributed by atoms with Crippen LogP contribution in [0.25, 0.3) is 71.6 Å². The summed E-state index contributed by atoms with van der Waals surface area (Å²) in [5.41, 5.74) is 19.9. The minimum absolute atomic E-state index is 0.134. The van der Waals surface area contributed by atoms with Crippen LogP contribution in [0.5, 0.6) is 0 Å². The molecule has 1 aromatic heterocycles. The van der Waals surface area contributed by atoms with Crippen molar-refractivity contribution >= 4 is 49.6 Å². The molecule has 0 radical (unpaired) electrons. The van der Waals surface area contributed by atoms with Gasteiger partial charge in [-0.15, -0.1) is 0 Å². The van der Waals surface area contributed by atoms with Gasteiger partial charge >= 0.3 is 0 Å². The summed E-state index contributed by atoms with van der Waals surface area (Å²) in [6.07, 6.45) is 0. The highest BCUT2D eigenvalue weighted by Gasteiger charge is 2.39. The summed E-state index contributed by atoms with van der Waals surface area (Å²) in [5.74, 6) is 0. The summed E-state index contributed by atoms with van der Waals surface area (Å²) < 4.78 is 2.43. The van der Waals surface area contributed by atoms with Gasteiger partial charge in [0.1, 0.15) is 0 Å². The molecule has 2 heteroatoms. The van der Waals surface area contributed by atoms with Crippen molar-refractivity contribution in [1.82, 2.24) is 4.57 Å². The van der Waals surface area contributed by atoms with Crippen molar-refractivity contribution < 1.29 is 0 Å². The minimum atomic E-state index is -0.142. The largest absolute Gasteiger partial charge is 0.310 e. The molecule has 12 rings (SSSR count). The fraction of sp³-hybridized carbons (Fsp3) is 0.103. The number of hydrogen-bond acceptors (Lipinski definition) is 1. The molecule has 2 aliphatic rings. The Hall–Kier alpha value is -7.16. The molecule has 0 amide bonds. The first-order valence-corrected chi connectivity index (χ1v) is 21.2. The van der Waals surface area contributed by atoms with E-state index in [-0.39, 0.29) is 10.8 Å². The van der Waals surface area contributed by atoms with Gasteiger partial charge in [0.15, 0.2) is 0 Å². The zero-order valence-corrected chi connectivity index (χ0v) is 34.4. The second-order valence-corrected chi connectivity index (χ2v) is 17.7. The van der Waals surface area contributed by atoms with Crippen LogP contribution in [0.1, 0.15) is 49.9 Å². The number of benzene rings is 9. The van der Waals surface area contributed by atoms with Crippen LogP contribution in [0, 0.1) is 0 Å². The number of anilines is 3. The first-order chi connectivity index (χ1) is 29.3. The van der Waals surface area contributed by atoms with Crippen LogP contribution >= 0.6 is 0 Å². The average Bonchev–Trinajstić information content (AvgIpc) is 3.83. The minimum Gasteiger partial charge on any atom is -0.310 e. The highest BCUT2D eigenvalue weighted by Crippen LogP contribution is 2.56. The fourth-order valence-corrected chi connectivity index (χ4v) is 10.8. The Morgan fingerprint density at radius 2 is 0.983 bits per heavy atom. The number of aromatic nitrogens is 1. The van der Waals surface area contributed by atoms with E-state index >= 15 is 0 Å². The molecule has 0 bridgehead atoms. The van der Waals surface area contributed by atoms with Crippen molar-refractivity contribution in [3.05, 3.63) is 216 Å². The number of fused-ring (bicyclic) bond motifs is 10. The van der Waals surface area contributed by atoms with E-state index in [1.54, 1.807) is 0 Å². The highest BCUT2D eigenvalue weighted by atomic mass is 15.1. The van der Waals surface area contributed by atoms with Crippen molar-refractivity contribution in [3.63, 3.8) is 0 Å². The molecule has 10 aromatic rings. The van der Waals surface area contributed by atoms with Crippen molar-refractivity contribution in [1.29, 1.82) is 0 Å². The maximum atomic E-state index is 2.55. The maximum Gasteiger partial charge on any atom is 0.0543 e. The van der Waals surface area contributed by atoms with Crippen LogP contribution in [-0.4, -0.2) is 4.57 Å². The van der Waals surface area contributed by atoms with Gasteiger partial charge in [-0.1, -0.05) is 167 Å². The van der Waals surface area contributed by atoms with Crippen LogP contribution in [0.4, 0.5) is 17.1 Å². The Morgan fingerprint density at radius 3 is 1.73 bits per heavy atom. The lowest BCUT2D eigenvalue weighted by atomic mass is 9.82. The second kappa shape index (κ2) is 12.7. The third-order valence-corrected chi connectivity index (χ3v) is 13.8. The van der Waals surface area contributed by atoms with Gasteiger partial charge < -0.3 is 9.47 Å². The van der Waals surface area contributed by atoms with E-state index in [9.17, 15) is 0 Å². The molecule has 0 N–H and O–H groups in total. The summed E-state index contributed by atoms with van der Waals surface area (Å²) in [5, 5.41) is 4.95. The summed E-state index contributed by atoms with van der Waals surface area (Å²) in [6.45, 7) is 9.51. The number of hydrogen-bond donors (Lipinski definition) is 0. The third kappa shape index (κ3) is 4.88. The summed E-state index contributed by atoms with van der Waals surface area (Å²) in [4.78, 5) is 2.55. The van der Waals surface area contributed by atoms with E-state index in [0.29, 0.717) is 0 Å². The Morgan fingerprint density at radius 1 is 0.383 bits per heavy atom. The normalized spacial score (nSPS) is 14.3. The highest BCUT2D eigenvalue weighted by molar-refractivity contribution is 6.10. The standard InChI is InChI=1S/C58H44N2/c1-57(2)50-24-13-9-22-47(50)56-51(57)25-16-28-55(56)59(40-30-32-44-43-19-8-12-23-49(43)58(3,4)52(44)36-40)41-34-38-33-39(29-31-42(38)48(35-41)37-17-6-5-7-18-37)60-53-26-14-10-20-45(53)46-21-11-15-27-54(46)60/h5-36H,1-4H3. The molecule has 60 heavy (non-hydrogen) atoms. The van der Waals surface area contributed by atoms with E-state index in [4.69, 9.17) is 0 Å². The maximum absolute atomic E-state index is 2.55. The van der Waals surface area contributed by atoms with E-state index < -0.39 is 0 Å². The quantitative estimate of drug-likeness (QED) is 0.169. The van der Waals surface area contributed by atoms with E-state index in [1.165, 1.54) is 93.9 Å². The Bertz CT molecular complexity index is 3330. The third-order valence-electron chi connectivity index (χ3n) is 13.8. The molecule has 0 aliphatic heterocycles. The van der Waals surface area contributed by atoms with Crippen LogP contribution in [0.15, 0.2) is 194 Å². The lowest BCUT2D eigenvalue weighted by Crippen LogP contribution is -2.17. The van der Waals surface area contributed by atoms with Gasteiger partial charge in [0, 0.05) is 44.2 Å². The topological polar surface area (TPSA) is 8.17 Å². The Labute approximate surface area is 351 Å². The number of rotatable bonds is 5. The number of nitrogens with zero attached hydrogens (tertiary/aromatic N) is 2. The van der Waals surface area contributed by atoms with E-state index in [0.717, 1.165) is 17.1 Å². The SMILES string of the molecule is CC1(C)c2ccccc2-c2ccc(N(c3cc(-c4ccccc4)c4ccc(-n5c6ccccc6c6ccccc65)cc4c3)c3cccc4c3-c3ccccc3C4(C)C)cc21. The molecular weight excluding hydrogens is 725 g/mol. The van der Waals surface area contributed by atoms with Gasteiger partial charge in [0.25, 0.3) is 0 Å². The van der Waals surface area contributed by atoms with E-state index in [1.807, 2.05) is 0 Å². The zero-order chi connectivity index (χ0) is 40.3. The van der Waals surface area contributed by atoms with Crippen molar-refractivity contribution in [2.24, 2.45) is 0 Å². The molecule has 0 saturated carbocycles. The van der Waals surface area contributed by atoms with Gasteiger partial charge in [-0.25, -0.2) is 0 Å². The molecule has 0 saturated heterocycles. The molecule has 0 atom stereocenters. The monoisotopic (exact) mass is 768 g/mol. The summed E-state index contributed by atoms with van der Waals surface area (Å²) >= 11 is 0. The molecule has 0 spiro atoms. The predicted molar refractivity (Wildman–Crippen MR) is 254 cm³/mol. The Balaban J connectivity index is 1.16. The summed E-state index contributed by atoms with van der Waals surface area (Å²) in [6, 6.07) is 72.5. The average molecular weight is 769 g/mol. The zero-order valence-electron chi connectivity index (χ0n) is 34.4. The molecule has 2 aliphatic carbocycles. The van der Waals surface area contributed by atoms with Gasteiger partial charge in [0.2, 0.25) is 0 Å². The van der Waals surface area contributed by atoms with Crippen LogP contribution in [-0.2, 0) is 10.8 Å². The first-order valence-electron chi connectivity index (χ1n) is 21.2. The van der Waals surface area contributed by atoms with Crippen molar-refractivity contribution in [3.8, 4) is 39.1 Å². The first kappa shape index (κ1) is 34.8. The van der Waals surface area contributed by atoms with Crippen molar-refractivity contribution in [2.45, 2.75) is 38.5 Å². The molecule has 286 valence electrons. The van der Waals surface area contributed by atoms with Crippen molar-refractivity contribution in [2.75, 3.05) is 4.90 Å². The lowest BCUT2D eigenvalue weighted by molar-refractivity contribution is 0.660. The molecule has 1 heterocycles. The fourth-order valence-electron chi connectivity index (χ4n) is 10.8. The molecule has 0 unspecified atom stereocenters. The lowest BCUT2D eigenvalue weighted by Gasteiger charge is -2.31. The Kier molecular flexibility index (Phi) is 7.36. The van der Waals surface area contributed by atoms with Crippen LogP contribution in [0.2, 0.25) is 0 Å². The summed E-state index contributed by atoms with van der Waals surface area (Å²) in [7, 11) is 0. The molecule has 9 aromatic carbocycles. The molecule has 2 nitrogen and oxygen atoms in total.